The van der Waals surface area contributed by atoms with Crippen LogP contribution in [0.3, 0.4) is 0 Å². The molecule has 0 bridgehead atoms. The zero-order valence-electron chi connectivity index (χ0n) is 25.7. The van der Waals surface area contributed by atoms with Crippen LogP contribution in [0.5, 0.6) is 6.01 Å². The van der Waals surface area contributed by atoms with E-state index in [1.165, 1.54) is 11.3 Å². The summed E-state index contributed by atoms with van der Waals surface area (Å²) in [6, 6.07) is 5.87. The van der Waals surface area contributed by atoms with Gasteiger partial charge in [0.25, 0.3) is 0 Å². The molecular formula is C32H42N8O2S. The molecule has 0 unspecified atom stereocenters. The number of nitrogens with two attached hydrogens (primary N) is 1. The van der Waals surface area contributed by atoms with Gasteiger partial charge in [-0.25, -0.2) is 0 Å². The number of rotatable bonds is 5. The van der Waals surface area contributed by atoms with E-state index in [4.69, 9.17) is 30.1 Å². The number of aryl methyl sites for hydroxylation is 1. The van der Waals surface area contributed by atoms with Crippen LogP contribution in [0, 0.1) is 11.3 Å². The molecule has 0 radical (unpaired) electrons. The lowest BCUT2D eigenvalue weighted by Gasteiger charge is -2.39. The Labute approximate surface area is 257 Å². The van der Waals surface area contributed by atoms with Crippen LogP contribution < -0.4 is 20.7 Å². The van der Waals surface area contributed by atoms with E-state index in [1.807, 2.05) is 0 Å². The molecule has 2 saturated heterocycles. The second-order valence-electron chi connectivity index (χ2n) is 13.2. The first-order valence-corrected chi connectivity index (χ1v) is 16.7. The third kappa shape index (κ3) is 4.88. The zero-order valence-corrected chi connectivity index (χ0v) is 26.5. The molecule has 3 N–H and O–H groups in total. The highest BCUT2D eigenvalue weighted by Crippen LogP contribution is 2.55. The van der Waals surface area contributed by atoms with Crippen molar-refractivity contribution in [2.45, 2.75) is 102 Å². The summed E-state index contributed by atoms with van der Waals surface area (Å²) in [5.74, 6) is 1.74. The quantitative estimate of drug-likeness (QED) is 0.426. The fourth-order valence-corrected chi connectivity index (χ4v) is 9.44. The minimum absolute atomic E-state index is 0.0416. The first kappa shape index (κ1) is 28.6. The van der Waals surface area contributed by atoms with Crippen LogP contribution in [0.1, 0.15) is 86.6 Å². The predicted molar refractivity (Wildman–Crippen MR) is 168 cm³/mol. The van der Waals surface area contributed by atoms with E-state index in [0.29, 0.717) is 34.7 Å². The molecule has 1 spiro atoms. The molecule has 4 aliphatic rings. The zero-order chi connectivity index (χ0) is 29.9. The average molecular weight is 603 g/mol. The smallest absolute Gasteiger partial charge is 0.319 e. The summed E-state index contributed by atoms with van der Waals surface area (Å²) in [6.45, 7) is 9.32. The van der Waals surface area contributed by atoms with E-state index in [1.54, 1.807) is 11.3 Å². The number of thiophene rings is 1. The van der Waals surface area contributed by atoms with Crippen molar-refractivity contribution in [3.05, 3.63) is 33.4 Å². The number of nitrogens with zero attached hydrogens (tertiary/aromatic N) is 6. The van der Waals surface area contributed by atoms with Gasteiger partial charge in [-0.3, -0.25) is 4.90 Å². The fraction of sp³-hybridized carbons (Fsp3) is 0.625. The molecule has 3 aromatic rings. The maximum Gasteiger partial charge on any atom is 0.319 e. The normalized spacial score (nSPS) is 28.0. The van der Waals surface area contributed by atoms with Crippen LogP contribution in [0.25, 0.3) is 11.4 Å². The molecule has 228 valence electrons. The number of fused-ring (bicyclic) bond motifs is 4. The third-order valence-corrected chi connectivity index (χ3v) is 11.2. The maximum absolute atomic E-state index is 10.1. The largest absolute Gasteiger partial charge is 0.459 e. The fourth-order valence-electron chi connectivity index (χ4n) is 8.28. The Morgan fingerprint density at radius 1 is 1.19 bits per heavy atom. The summed E-state index contributed by atoms with van der Waals surface area (Å²) in [5, 5.41) is 19.0. The number of anilines is 2. The SMILES string of the molecule is C[C@H](Oc1nc(-c2noc3c2CCC[C@@]32CCCc3sc(N)c(C#N)c32)cc(N2C[C@H](C)N[C@@H](C)C2)n1)[C@@H]1CCCN1C. The van der Waals surface area contributed by atoms with Crippen LogP contribution in [-0.2, 0) is 18.3 Å². The minimum Gasteiger partial charge on any atom is -0.459 e. The number of ether oxygens (including phenoxy) is 1. The van der Waals surface area contributed by atoms with Crippen molar-refractivity contribution in [3.8, 4) is 23.5 Å². The Balaban J connectivity index is 1.31. The highest BCUT2D eigenvalue weighted by molar-refractivity contribution is 7.16. The van der Waals surface area contributed by atoms with Crippen molar-refractivity contribution in [1.82, 2.24) is 25.3 Å². The predicted octanol–water partition coefficient (Wildman–Crippen LogP) is 4.65. The van der Waals surface area contributed by atoms with Crippen molar-refractivity contribution in [2.24, 2.45) is 0 Å². The van der Waals surface area contributed by atoms with Gasteiger partial charge in [0.15, 0.2) is 5.76 Å². The number of hydrogen-bond donors (Lipinski definition) is 2. The lowest BCUT2D eigenvalue weighted by atomic mass is 9.63. The second-order valence-corrected chi connectivity index (χ2v) is 14.3. The van der Waals surface area contributed by atoms with Gasteiger partial charge >= 0.3 is 6.01 Å². The van der Waals surface area contributed by atoms with Crippen LogP contribution in [0.2, 0.25) is 0 Å². The van der Waals surface area contributed by atoms with Gasteiger partial charge < -0.3 is 25.2 Å². The van der Waals surface area contributed by atoms with Gasteiger partial charge in [-0.2, -0.15) is 15.2 Å². The molecule has 7 rings (SSSR count). The summed E-state index contributed by atoms with van der Waals surface area (Å²) < 4.78 is 12.8. The minimum atomic E-state index is -0.369. The first-order valence-electron chi connectivity index (χ1n) is 15.9. The molecule has 10 nitrogen and oxygen atoms in total. The molecule has 5 heterocycles. The summed E-state index contributed by atoms with van der Waals surface area (Å²) in [7, 11) is 2.16. The highest BCUT2D eigenvalue weighted by atomic mass is 32.1. The number of piperazine rings is 1. The van der Waals surface area contributed by atoms with Crippen LogP contribution in [0.15, 0.2) is 10.6 Å². The van der Waals surface area contributed by atoms with Crippen molar-refractivity contribution in [3.63, 3.8) is 0 Å². The summed E-state index contributed by atoms with van der Waals surface area (Å²) in [5.41, 5.74) is 10.3. The maximum atomic E-state index is 10.1. The van der Waals surface area contributed by atoms with Gasteiger partial charge in [-0.1, -0.05) is 5.16 Å². The number of nitrogen functional groups attached to an aromatic ring is 1. The number of hydrogen-bond acceptors (Lipinski definition) is 11. The third-order valence-electron chi connectivity index (χ3n) is 10.1. The van der Waals surface area contributed by atoms with Gasteiger partial charge in [0.1, 0.15) is 34.4 Å². The van der Waals surface area contributed by atoms with E-state index in [0.717, 1.165) is 98.7 Å². The van der Waals surface area contributed by atoms with E-state index in [2.05, 4.69) is 55.1 Å². The molecule has 5 atom stereocenters. The summed E-state index contributed by atoms with van der Waals surface area (Å²) in [4.78, 5) is 15.9. The van der Waals surface area contributed by atoms with Crippen molar-refractivity contribution >= 4 is 22.2 Å². The van der Waals surface area contributed by atoms with Gasteiger partial charge in [-0.15, -0.1) is 11.3 Å². The monoisotopic (exact) mass is 602 g/mol. The lowest BCUT2D eigenvalue weighted by Crippen LogP contribution is -2.54. The van der Waals surface area contributed by atoms with Crippen LogP contribution in [0.4, 0.5) is 10.8 Å². The second kappa shape index (κ2) is 11.1. The van der Waals surface area contributed by atoms with E-state index < -0.39 is 0 Å². The van der Waals surface area contributed by atoms with Gasteiger partial charge in [-0.05, 0) is 91.3 Å². The van der Waals surface area contributed by atoms with Gasteiger partial charge in [0.2, 0.25) is 0 Å². The van der Waals surface area contributed by atoms with E-state index >= 15 is 0 Å². The van der Waals surface area contributed by atoms with E-state index in [9.17, 15) is 5.26 Å². The van der Waals surface area contributed by atoms with Crippen molar-refractivity contribution in [1.29, 1.82) is 5.26 Å². The van der Waals surface area contributed by atoms with Gasteiger partial charge in [0.05, 0.1) is 11.0 Å². The average Bonchev–Trinajstić information content (AvgIpc) is 3.69. The first-order chi connectivity index (χ1) is 20.8. The van der Waals surface area contributed by atoms with Crippen LogP contribution in [-0.4, -0.2) is 70.9 Å². The molecule has 3 aromatic heterocycles. The Morgan fingerprint density at radius 3 is 2.67 bits per heavy atom. The number of likely N-dealkylation sites (N-methyl/N-ethyl adjacent to an activating group) is 1. The molecule has 0 saturated carbocycles. The molecular weight excluding hydrogens is 560 g/mol. The molecule has 11 heteroatoms. The Hall–Kier alpha value is -3.20. The Morgan fingerprint density at radius 2 is 1.95 bits per heavy atom. The number of aromatic nitrogens is 3. The molecule has 0 amide bonds. The standard InChI is InChI=1S/C32H42N8O2S/c1-18-16-40(17-19(2)35-18)26-14-23(36-31(37-26)41-20(3)24-9-7-13-39(24)4)28-21-8-5-11-32(29(21)42-38-28)12-6-10-25-27(32)22(15-33)30(34)43-25/h14,18-20,24,35H,5-13,16-17,34H2,1-4H3/t18-,19-,20-,24-,32-/m0/s1. The molecule has 0 aromatic carbocycles. The lowest BCUT2D eigenvalue weighted by molar-refractivity contribution is 0.112. The Bertz CT molecular complexity index is 1550. The highest BCUT2D eigenvalue weighted by Gasteiger charge is 2.48. The topological polar surface area (TPSA) is 129 Å². The van der Waals surface area contributed by atoms with Gasteiger partial charge in [0, 0.05) is 47.7 Å². The molecule has 2 aliphatic carbocycles. The summed E-state index contributed by atoms with van der Waals surface area (Å²) >= 11 is 1.56. The number of nitriles is 1. The van der Waals surface area contributed by atoms with E-state index in [-0.39, 0.29) is 11.5 Å². The number of likely N-dealkylation sites (tertiary alicyclic amines) is 1. The van der Waals surface area contributed by atoms with Crippen molar-refractivity contribution < 1.29 is 9.26 Å². The van der Waals surface area contributed by atoms with Crippen molar-refractivity contribution in [2.75, 3.05) is 37.3 Å². The van der Waals surface area contributed by atoms with Crippen LogP contribution >= 0.6 is 11.3 Å². The Kier molecular flexibility index (Phi) is 7.35. The summed E-state index contributed by atoms with van der Waals surface area (Å²) in [6.07, 6.45) is 7.93. The molecule has 2 aliphatic heterocycles. The molecule has 43 heavy (non-hydrogen) atoms. The molecule has 2 fully saturated rings. The number of nitrogens with one attached hydrogen (secondary N) is 1.